The molecule has 2 atom stereocenters. The van der Waals surface area contributed by atoms with Crippen molar-refractivity contribution in [1.29, 1.82) is 0 Å². The van der Waals surface area contributed by atoms with Gasteiger partial charge in [0.2, 0.25) is 11.8 Å². The van der Waals surface area contributed by atoms with Crippen LogP contribution >= 0.6 is 34.8 Å². The number of amides is 2. The molecule has 2 rings (SSSR count). The Balaban J connectivity index is 2.29. The number of carbonyl (C=O) groups excluding carboxylic acids is 2. The minimum atomic E-state index is -0.675. The molecule has 0 fully saturated rings. The molecule has 1 N–H and O–H groups in total. The van der Waals surface area contributed by atoms with Gasteiger partial charge in [0, 0.05) is 27.7 Å². The van der Waals surface area contributed by atoms with E-state index in [0.29, 0.717) is 26.2 Å². The number of hydrogen-bond acceptors (Lipinski definition) is 2. The standard InChI is InChI=1S/C22H25Cl3N2O2/c1-4-14(2)26-22(29)15(3)27(13-17-9-10-18(23)12-20(17)25)21(28)11-16-7-5-6-8-19(16)24/h5-10,12,14-15H,4,11,13H2,1-3H3,(H,26,29)/t14-,15+/m1/s1. The van der Waals surface area contributed by atoms with Gasteiger partial charge in [-0.05, 0) is 49.6 Å². The summed E-state index contributed by atoms with van der Waals surface area (Å²) in [6, 6.07) is 11.6. The van der Waals surface area contributed by atoms with E-state index in [2.05, 4.69) is 5.32 Å². The zero-order valence-corrected chi connectivity index (χ0v) is 19.0. The molecule has 0 radical (unpaired) electrons. The number of rotatable bonds is 8. The summed E-state index contributed by atoms with van der Waals surface area (Å²) in [5.41, 5.74) is 1.42. The molecule has 0 aliphatic carbocycles. The second kappa shape index (κ2) is 10.9. The van der Waals surface area contributed by atoms with Crippen molar-refractivity contribution in [2.75, 3.05) is 0 Å². The van der Waals surface area contributed by atoms with Crippen LogP contribution in [-0.4, -0.2) is 28.8 Å². The first-order chi connectivity index (χ1) is 13.7. The van der Waals surface area contributed by atoms with Crippen LogP contribution in [0, 0.1) is 0 Å². The Morgan fingerprint density at radius 3 is 2.31 bits per heavy atom. The third-order valence-corrected chi connectivity index (χ3v) is 5.78. The molecule has 156 valence electrons. The van der Waals surface area contributed by atoms with Gasteiger partial charge in [0.25, 0.3) is 0 Å². The molecule has 0 unspecified atom stereocenters. The summed E-state index contributed by atoms with van der Waals surface area (Å²) in [5, 5.41) is 4.41. The third-order valence-electron chi connectivity index (χ3n) is 4.82. The Bertz CT molecular complexity index is 873. The van der Waals surface area contributed by atoms with Crippen molar-refractivity contribution in [3.8, 4) is 0 Å². The Morgan fingerprint density at radius 2 is 1.69 bits per heavy atom. The van der Waals surface area contributed by atoms with Gasteiger partial charge in [-0.1, -0.05) is 66.0 Å². The van der Waals surface area contributed by atoms with Crippen LogP contribution in [0.25, 0.3) is 0 Å². The van der Waals surface area contributed by atoms with E-state index in [9.17, 15) is 9.59 Å². The van der Waals surface area contributed by atoms with E-state index in [4.69, 9.17) is 34.8 Å². The van der Waals surface area contributed by atoms with Gasteiger partial charge in [-0.2, -0.15) is 0 Å². The zero-order valence-electron chi connectivity index (χ0n) is 16.7. The SMILES string of the molecule is CC[C@@H](C)NC(=O)[C@H](C)N(Cc1ccc(Cl)cc1Cl)C(=O)Cc1ccccc1Cl. The van der Waals surface area contributed by atoms with Gasteiger partial charge < -0.3 is 10.2 Å². The number of halogens is 3. The van der Waals surface area contributed by atoms with Gasteiger partial charge in [-0.25, -0.2) is 0 Å². The van der Waals surface area contributed by atoms with Crippen molar-refractivity contribution >= 4 is 46.6 Å². The molecular formula is C22H25Cl3N2O2. The van der Waals surface area contributed by atoms with E-state index in [1.807, 2.05) is 26.0 Å². The Labute approximate surface area is 187 Å². The van der Waals surface area contributed by atoms with Gasteiger partial charge in [0.05, 0.1) is 6.42 Å². The molecular weight excluding hydrogens is 431 g/mol. The van der Waals surface area contributed by atoms with Crippen molar-refractivity contribution < 1.29 is 9.59 Å². The molecule has 29 heavy (non-hydrogen) atoms. The average molecular weight is 456 g/mol. The molecule has 0 aliphatic heterocycles. The largest absolute Gasteiger partial charge is 0.352 e. The Hall–Kier alpha value is -1.75. The second-order valence-electron chi connectivity index (χ2n) is 7.02. The summed E-state index contributed by atoms with van der Waals surface area (Å²) in [6.45, 7) is 5.82. The maximum absolute atomic E-state index is 13.2. The summed E-state index contributed by atoms with van der Waals surface area (Å²) >= 11 is 18.5. The smallest absolute Gasteiger partial charge is 0.242 e. The molecule has 0 saturated heterocycles. The lowest BCUT2D eigenvalue weighted by molar-refractivity contribution is -0.140. The van der Waals surface area contributed by atoms with E-state index in [1.54, 1.807) is 37.3 Å². The van der Waals surface area contributed by atoms with Crippen LogP contribution in [0.4, 0.5) is 0 Å². The zero-order chi connectivity index (χ0) is 21.6. The van der Waals surface area contributed by atoms with Crippen molar-refractivity contribution in [1.82, 2.24) is 10.2 Å². The first-order valence-corrected chi connectivity index (χ1v) is 10.6. The number of nitrogens with zero attached hydrogens (tertiary/aromatic N) is 1. The summed E-state index contributed by atoms with van der Waals surface area (Å²) in [6.07, 6.45) is 0.890. The van der Waals surface area contributed by atoms with Crippen LogP contribution in [0.3, 0.4) is 0 Å². The predicted molar refractivity (Wildman–Crippen MR) is 120 cm³/mol. The highest BCUT2D eigenvalue weighted by Gasteiger charge is 2.27. The highest BCUT2D eigenvalue weighted by atomic mass is 35.5. The van der Waals surface area contributed by atoms with Crippen LogP contribution in [0.5, 0.6) is 0 Å². The highest BCUT2D eigenvalue weighted by Crippen LogP contribution is 2.24. The highest BCUT2D eigenvalue weighted by molar-refractivity contribution is 6.35. The topological polar surface area (TPSA) is 49.4 Å². The molecule has 0 heterocycles. The van der Waals surface area contributed by atoms with E-state index >= 15 is 0 Å². The molecule has 2 aromatic rings. The van der Waals surface area contributed by atoms with Gasteiger partial charge in [-0.15, -0.1) is 0 Å². The van der Waals surface area contributed by atoms with E-state index in [-0.39, 0.29) is 30.8 Å². The summed E-state index contributed by atoms with van der Waals surface area (Å²) in [5.74, 6) is -0.423. The minimum Gasteiger partial charge on any atom is -0.352 e. The Kier molecular flexibility index (Phi) is 8.81. The van der Waals surface area contributed by atoms with Gasteiger partial charge in [-0.3, -0.25) is 9.59 Å². The predicted octanol–water partition coefficient (Wildman–Crippen LogP) is 5.52. The monoisotopic (exact) mass is 454 g/mol. The van der Waals surface area contributed by atoms with Crippen molar-refractivity contribution in [3.63, 3.8) is 0 Å². The number of nitrogens with one attached hydrogen (secondary N) is 1. The van der Waals surface area contributed by atoms with E-state index in [0.717, 1.165) is 6.42 Å². The number of carbonyl (C=O) groups is 2. The maximum atomic E-state index is 13.2. The number of benzene rings is 2. The molecule has 2 amide bonds. The molecule has 0 aromatic heterocycles. The lowest BCUT2D eigenvalue weighted by atomic mass is 10.1. The van der Waals surface area contributed by atoms with Gasteiger partial charge in [0.1, 0.15) is 6.04 Å². The first kappa shape index (κ1) is 23.5. The van der Waals surface area contributed by atoms with Crippen LogP contribution < -0.4 is 5.32 Å². The fourth-order valence-corrected chi connectivity index (χ4v) is 3.46. The lowest BCUT2D eigenvalue weighted by Crippen LogP contribution is -2.50. The van der Waals surface area contributed by atoms with Crippen molar-refractivity contribution in [2.24, 2.45) is 0 Å². The Morgan fingerprint density at radius 1 is 1.00 bits per heavy atom. The summed E-state index contributed by atoms with van der Waals surface area (Å²) < 4.78 is 0. The molecule has 2 aromatic carbocycles. The number of hydrogen-bond donors (Lipinski definition) is 1. The second-order valence-corrected chi connectivity index (χ2v) is 8.27. The molecule has 0 aliphatic rings. The van der Waals surface area contributed by atoms with Gasteiger partial charge in [0.15, 0.2) is 0 Å². The normalized spacial score (nSPS) is 12.9. The van der Waals surface area contributed by atoms with Crippen LogP contribution in [0.2, 0.25) is 15.1 Å². The van der Waals surface area contributed by atoms with Crippen molar-refractivity contribution in [3.05, 3.63) is 68.7 Å². The first-order valence-electron chi connectivity index (χ1n) is 9.50. The summed E-state index contributed by atoms with van der Waals surface area (Å²) in [7, 11) is 0. The molecule has 0 saturated carbocycles. The van der Waals surface area contributed by atoms with Crippen LogP contribution in [0.1, 0.15) is 38.3 Å². The fourth-order valence-electron chi connectivity index (χ4n) is 2.79. The van der Waals surface area contributed by atoms with Gasteiger partial charge >= 0.3 is 0 Å². The molecule has 0 spiro atoms. The molecule has 0 bridgehead atoms. The minimum absolute atomic E-state index is 0.0181. The average Bonchev–Trinajstić information content (AvgIpc) is 2.68. The fraction of sp³-hybridized carbons (Fsp3) is 0.364. The quantitative estimate of drug-likeness (QED) is 0.569. The van der Waals surface area contributed by atoms with Crippen molar-refractivity contribution in [2.45, 2.75) is 52.2 Å². The molecule has 7 heteroatoms. The van der Waals surface area contributed by atoms with Crippen LogP contribution in [-0.2, 0) is 22.6 Å². The maximum Gasteiger partial charge on any atom is 0.242 e. The lowest BCUT2D eigenvalue weighted by Gasteiger charge is -2.30. The van der Waals surface area contributed by atoms with E-state index < -0.39 is 6.04 Å². The summed E-state index contributed by atoms with van der Waals surface area (Å²) in [4.78, 5) is 27.4. The van der Waals surface area contributed by atoms with E-state index in [1.165, 1.54) is 4.90 Å². The third kappa shape index (κ3) is 6.63. The molecule has 4 nitrogen and oxygen atoms in total. The van der Waals surface area contributed by atoms with Crippen LogP contribution in [0.15, 0.2) is 42.5 Å².